The molecule has 0 fully saturated rings. The van der Waals surface area contributed by atoms with Crippen molar-refractivity contribution in [1.29, 1.82) is 0 Å². The second-order valence-corrected chi connectivity index (χ2v) is 15.8. The molecule has 0 aliphatic carbocycles. The Hall–Kier alpha value is -3.71. The number of nitrogens with one attached hydrogen (secondary N) is 1. The maximum atomic E-state index is 12.8. The molecule has 340 valence electrons. The highest BCUT2D eigenvalue weighted by Gasteiger charge is 2.18. The smallest absolute Gasteiger partial charge is 0.326 e. The lowest BCUT2D eigenvalue weighted by Crippen LogP contribution is -2.40. The van der Waals surface area contributed by atoms with Crippen molar-refractivity contribution < 1.29 is 24.2 Å². The summed E-state index contributed by atoms with van der Waals surface area (Å²) in [6.45, 7) is 4.71. The highest BCUT2D eigenvalue weighted by Crippen LogP contribution is 2.16. The Kier molecular flexibility index (Phi) is 43.5. The second kappa shape index (κ2) is 46.4. The standard InChI is InChI=1S/C53H88N2O5/c1-3-5-7-9-11-13-15-16-17-18-19-20-21-22-23-24-25-26-28-30-32-37-41-47-52(57)60-49(43-38-34-31-29-27-14-12-10-8-6-4-2)44-39-35-33-36-40-46-51(56)55-50(53(58)59)45-42-48-54/h5-8,11-14,16-17,19-20,29,31,38,43,49-50H,3-4,9-10,15,18,21-28,30,32-37,39-42,44-48,54H2,1-2H3,(H,55,56)(H,58,59)/b7-5-,8-6-,13-11-,14-12-,17-16-,20-19-,31-29-,43-38-. The van der Waals surface area contributed by atoms with Gasteiger partial charge < -0.3 is 20.9 Å². The van der Waals surface area contributed by atoms with E-state index in [9.17, 15) is 19.5 Å². The molecule has 0 radical (unpaired) electrons. The van der Waals surface area contributed by atoms with Crippen LogP contribution in [-0.4, -0.2) is 41.6 Å². The number of amides is 1. The van der Waals surface area contributed by atoms with Crippen LogP contribution in [0.1, 0.15) is 200 Å². The fraction of sp³-hybridized carbons (Fsp3) is 0.642. The van der Waals surface area contributed by atoms with Crippen LogP contribution < -0.4 is 11.1 Å². The Labute approximate surface area is 367 Å². The third-order valence-electron chi connectivity index (χ3n) is 10.1. The first-order chi connectivity index (χ1) is 29.4. The van der Waals surface area contributed by atoms with E-state index >= 15 is 0 Å². The molecule has 0 aromatic heterocycles. The minimum Gasteiger partial charge on any atom is -0.480 e. The average molecular weight is 833 g/mol. The van der Waals surface area contributed by atoms with Gasteiger partial charge in [-0.1, -0.05) is 176 Å². The van der Waals surface area contributed by atoms with E-state index in [-0.39, 0.29) is 18.0 Å². The number of esters is 1. The number of unbranched alkanes of at least 4 members (excludes halogenated alkanes) is 14. The quantitative estimate of drug-likeness (QED) is 0.0320. The summed E-state index contributed by atoms with van der Waals surface area (Å²) in [4.78, 5) is 36.4. The summed E-state index contributed by atoms with van der Waals surface area (Å²) in [6, 6.07) is -0.873. The molecule has 0 aromatic rings. The van der Waals surface area contributed by atoms with Gasteiger partial charge in [0, 0.05) is 12.8 Å². The van der Waals surface area contributed by atoms with E-state index in [1.165, 1.54) is 57.8 Å². The van der Waals surface area contributed by atoms with E-state index in [4.69, 9.17) is 10.5 Å². The van der Waals surface area contributed by atoms with Crippen LogP contribution in [0.2, 0.25) is 0 Å². The summed E-state index contributed by atoms with van der Waals surface area (Å²) in [5.74, 6) is -1.34. The maximum absolute atomic E-state index is 12.8. The number of allylic oxidation sites excluding steroid dienone is 15. The number of carbonyl (C=O) groups is 3. The minimum atomic E-state index is -1.02. The van der Waals surface area contributed by atoms with Gasteiger partial charge in [0.1, 0.15) is 12.1 Å². The summed E-state index contributed by atoms with van der Waals surface area (Å²) in [5, 5.41) is 11.9. The van der Waals surface area contributed by atoms with Crippen LogP contribution in [0, 0.1) is 0 Å². The average Bonchev–Trinajstić information content (AvgIpc) is 3.23. The zero-order chi connectivity index (χ0) is 43.8. The summed E-state index contributed by atoms with van der Waals surface area (Å²) in [5.41, 5.74) is 5.49. The monoisotopic (exact) mass is 833 g/mol. The number of carboxylic acids is 1. The molecule has 4 N–H and O–H groups in total. The highest BCUT2D eigenvalue weighted by atomic mass is 16.5. The van der Waals surface area contributed by atoms with Gasteiger partial charge in [0.25, 0.3) is 0 Å². The Bertz CT molecular complexity index is 1260. The van der Waals surface area contributed by atoms with Crippen LogP contribution >= 0.6 is 0 Å². The molecule has 7 heteroatoms. The SMILES string of the molecule is CC/C=C\C/C=C\C/C=C\C/C=C\CCCCCCCCCCCCC(=O)OC(/C=C\C/C=C\C/C=C\C/C=C\CC)CCCCCCCC(=O)NC(CCCN)C(=O)O. The van der Waals surface area contributed by atoms with Crippen LogP contribution in [0.5, 0.6) is 0 Å². The van der Waals surface area contributed by atoms with Gasteiger partial charge in [-0.15, -0.1) is 0 Å². The van der Waals surface area contributed by atoms with Gasteiger partial charge in [-0.25, -0.2) is 4.79 Å². The molecular weight excluding hydrogens is 745 g/mol. The molecule has 2 unspecified atom stereocenters. The molecule has 0 aromatic carbocycles. The predicted molar refractivity (Wildman–Crippen MR) is 257 cm³/mol. The van der Waals surface area contributed by atoms with E-state index in [1.807, 2.05) is 6.08 Å². The minimum absolute atomic E-state index is 0.107. The molecule has 0 saturated carbocycles. The number of ether oxygens (including phenoxy) is 1. The summed E-state index contributed by atoms with van der Waals surface area (Å²) in [6.07, 6.45) is 63.4. The summed E-state index contributed by atoms with van der Waals surface area (Å²) < 4.78 is 5.95. The van der Waals surface area contributed by atoms with Crippen LogP contribution in [0.4, 0.5) is 0 Å². The van der Waals surface area contributed by atoms with E-state index in [0.29, 0.717) is 32.2 Å². The number of nitrogens with two attached hydrogens (primary N) is 1. The Morgan fingerprint density at radius 2 is 0.917 bits per heavy atom. The Morgan fingerprint density at radius 3 is 1.40 bits per heavy atom. The third-order valence-corrected chi connectivity index (χ3v) is 10.1. The summed E-state index contributed by atoms with van der Waals surface area (Å²) >= 11 is 0. The first-order valence-electron chi connectivity index (χ1n) is 24.1. The molecule has 0 saturated heterocycles. The zero-order valence-corrected chi connectivity index (χ0v) is 38.3. The molecule has 0 heterocycles. The topological polar surface area (TPSA) is 119 Å². The Morgan fingerprint density at radius 1 is 0.500 bits per heavy atom. The fourth-order valence-corrected chi connectivity index (χ4v) is 6.59. The molecule has 2 atom stereocenters. The lowest BCUT2D eigenvalue weighted by molar-refractivity contribution is -0.147. The number of carboxylic acid groups (broad SMARTS) is 1. The largest absolute Gasteiger partial charge is 0.480 e. The molecule has 0 spiro atoms. The first kappa shape index (κ1) is 56.3. The number of carbonyl (C=O) groups excluding carboxylic acids is 2. The highest BCUT2D eigenvalue weighted by molar-refractivity contribution is 5.83. The van der Waals surface area contributed by atoms with E-state index in [2.05, 4.69) is 110 Å². The van der Waals surface area contributed by atoms with Crippen LogP contribution in [0.3, 0.4) is 0 Å². The van der Waals surface area contributed by atoms with Crippen molar-refractivity contribution in [1.82, 2.24) is 5.32 Å². The van der Waals surface area contributed by atoms with Gasteiger partial charge >= 0.3 is 11.9 Å². The van der Waals surface area contributed by atoms with Gasteiger partial charge in [0.15, 0.2) is 0 Å². The number of hydrogen-bond donors (Lipinski definition) is 3. The van der Waals surface area contributed by atoms with Crippen LogP contribution in [0.25, 0.3) is 0 Å². The van der Waals surface area contributed by atoms with Gasteiger partial charge in [-0.3, -0.25) is 9.59 Å². The summed E-state index contributed by atoms with van der Waals surface area (Å²) in [7, 11) is 0. The molecule has 1 amide bonds. The van der Waals surface area contributed by atoms with E-state index < -0.39 is 12.0 Å². The molecular formula is C53H88N2O5. The van der Waals surface area contributed by atoms with E-state index in [0.717, 1.165) is 103 Å². The van der Waals surface area contributed by atoms with Gasteiger partial charge in [-0.2, -0.15) is 0 Å². The van der Waals surface area contributed by atoms with Gasteiger partial charge in [-0.05, 0) is 115 Å². The lowest BCUT2D eigenvalue weighted by atomic mass is 10.0. The van der Waals surface area contributed by atoms with Crippen molar-refractivity contribution in [3.63, 3.8) is 0 Å². The molecule has 7 nitrogen and oxygen atoms in total. The van der Waals surface area contributed by atoms with Crippen molar-refractivity contribution in [3.05, 3.63) is 97.2 Å². The van der Waals surface area contributed by atoms with Gasteiger partial charge in [0.05, 0.1) is 0 Å². The normalized spacial score (nSPS) is 13.5. The first-order valence-corrected chi connectivity index (χ1v) is 24.1. The van der Waals surface area contributed by atoms with Crippen molar-refractivity contribution >= 4 is 17.8 Å². The predicted octanol–water partition coefficient (Wildman–Crippen LogP) is 14.2. The molecule has 0 rings (SSSR count). The number of rotatable bonds is 42. The number of aliphatic carboxylic acids is 1. The van der Waals surface area contributed by atoms with Crippen LogP contribution in [0.15, 0.2) is 97.2 Å². The van der Waals surface area contributed by atoms with Gasteiger partial charge in [0.2, 0.25) is 5.91 Å². The van der Waals surface area contributed by atoms with E-state index in [1.54, 1.807) is 0 Å². The van der Waals surface area contributed by atoms with Crippen molar-refractivity contribution in [2.24, 2.45) is 5.73 Å². The maximum Gasteiger partial charge on any atom is 0.326 e. The van der Waals surface area contributed by atoms with Crippen molar-refractivity contribution in [3.8, 4) is 0 Å². The van der Waals surface area contributed by atoms with Crippen molar-refractivity contribution in [2.75, 3.05) is 6.54 Å². The number of hydrogen-bond acceptors (Lipinski definition) is 5. The molecule has 0 aliphatic rings. The Balaban J connectivity index is 4.30. The zero-order valence-electron chi connectivity index (χ0n) is 38.3. The van der Waals surface area contributed by atoms with Crippen molar-refractivity contribution in [2.45, 2.75) is 212 Å². The second-order valence-electron chi connectivity index (χ2n) is 15.8. The third kappa shape index (κ3) is 42.4. The lowest BCUT2D eigenvalue weighted by Gasteiger charge is -2.15. The molecule has 60 heavy (non-hydrogen) atoms. The molecule has 0 bridgehead atoms. The van der Waals surface area contributed by atoms with Crippen LogP contribution in [-0.2, 0) is 19.1 Å². The molecule has 0 aliphatic heterocycles. The fourth-order valence-electron chi connectivity index (χ4n) is 6.59.